The predicted molar refractivity (Wildman–Crippen MR) is 110 cm³/mol. The fraction of sp³-hybridized carbons (Fsp3) is 0.348. The molecule has 1 aliphatic carbocycles. The van der Waals surface area contributed by atoms with E-state index in [1.165, 1.54) is 46.1 Å². The second kappa shape index (κ2) is 5.68. The lowest BCUT2D eigenvalue weighted by molar-refractivity contribution is 0.0702. The van der Waals surface area contributed by atoms with Gasteiger partial charge < -0.3 is 5.11 Å². The molecule has 3 heteroatoms. The molecule has 1 heterocycles. The Morgan fingerprint density at radius 3 is 2.08 bits per heavy atom. The number of benzene rings is 2. The molecule has 1 aromatic heterocycles. The van der Waals surface area contributed by atoms with E-state index in [1.54, 1.807) is 6.07 Å². The van der Waals surface area contributed by atoms with Crippen molar-refractivity contribution in [3.8, 4) is 11.1 Å². The van der Waals surface area contributed by atoms with Gasteiger partial charge in [-0.1, -0.05) is 52.0 Å². The number of carboxylic acid groups (broad SMARTS) is 1. The molecule has 0 saturated carbocycles. The average molecular weight is 365 g/mol. The van der Waals surface area contributed by atoms with Crippen LogP contribution in [0.3, 0.4) is 0 Å². The standard InChI is InChI=1S/C23H24O2S/c1-22(2)7-8-23(3,4)19-11-16-9-14(5-6-15(16)10-18(19)22)17-12-20(21(24)25)26-13-17/h5-6,9-13H,7-8H2,1-4H3,(H,24,25). The Kier molecular flexibility index (Phi) is 3.78. The molecular formula is C23H24O2S. The topological polar surface area (TPSA) is 37.3 Å². The third-order valence-corrected chi connectivity index (χ3v) is 6.87. The minimum absolute atomic E-state index is 0.188. The van der Waals surface area contributed by atoms with E-state index >= 15 is 0 Å². The van der Waals surface area contributed by atoms with E-state index in [-0.39, 0.29) is 10.8 Å². The van der Waals surface area contributed by atoms with Crippen molar-refractivity contribution in [1.82, 2.24) is 0 Å². The molecule has 0 spiro atoms. The van der Waals surface area contributed by atoms with Gasteiger partial charge in [0.15, 0.2) is 0 Å². The fourth-order valence-electron chi connectivity index (χ4n) is 4.09. The Bertz CT molecular complexity index is 1020. The van der Waals surface area contributed by atoms with Crippen LogP contribution in [0.5, 0.6) is 0 Å². The summed E-state index contributed by atoms with van der Waals surface area (Å²) < 4.78 is 0. The minimum Gasteiger partial charge on any atom is -0.477 e. The van der Waals surface area contributed by atoms with Crippen LogP contribution in [0.1, 0.15) is 61.3 Å². The molecule has 0 saturated heterocycles. The molecule has 0 fully saturated rings. The van der Waals surface area contributed by atoms with Gasteiger partial charge in [-0.15, -0.1) is 11.3 Å². The lowest BCUT2D eigenvalue weighted by Gasteiger charge is -2.42. The van der Waals surface area contributed by atoms with Crippen molar-refractivity contribution >= 4 is 28.1 Å². The van der Waals surface area contributed by atoms with Gasteiger partial charge in [0.1, 0.15) is 4.88 Å². The Morgan fingerprint density at radius 1 is 0.885 bits per heavy atom. The number of fused-ring (bicyclic) bond motifs is 2. The molecule has 0 atom stereocenters. The van der Waals surface area contributed by atoms with Crippen molar-refractivity contribution in [1.29, 1.82) is 0 Å². The first-order valence-corrected chi connectivity index (χ1v) is 9.96. The lowest BCUT2D eigenvalue weighted by atomic mass is 9.63. The van der Waals surface area contributed by atoms with Gasteiger partial charge >= 0.3 is 5.97 Å². The highest BCUT2D eigenvalue weighted by atomic mass is 32.1. The number of carboxylic acids is 1. The number of rotatable bonds is 2. The summed E-state index contributed by atoms with van der Waals surface area (Å²) in [5, 5.41) is 13.6. The maximum absolute atomic E-state index is 11.2. The van der Waals surface area contributed by atoms with E-state index in [0.29, 0.717) is 4.88 Å². The van der Waals surface area contributed by atoms with Crippen LogP contribution in [0.25, 0.3) is 21.9 Å². The van der Waals surface area contributed by atoms with E-state index < -0.39 is 5.97 Å². The first-order chi connectivity index (χ1) is 12.2. The number of hydrogen-bond acceptors (Lipinski definition) is 2. The molecule has 0 unspecified atom stereocenters. The zero-order valence-electron chi connectivity index (χ0n) is 15.7. The Morgan fingerprint density at radius 2 is 1.50 bits per heavy atom. The molecule has 2 nitrogen and oxygen atoms in total. The van der Waals surface area contributed by atoms with Crippen LogP contribution in [0.15, 0.2) is 41.8 Å². The molecule has 2 aromatic carbocycles. The van der Waals surface area contributed by atoms with Crippen LogP contribution >= 0.6 is 11.3 Å². The summed E-state index contributed by atoms with van der Waals surface area (Å²) in [6.07, 6.45) is 2.41. The van der Waals surface area contributed by atoms with Crippen LogP contribution < -0.4 is 0 Å². The molecule has 1 aliphatic rings. The van der Waals surface area contributed by atoms with Crippen molar-refractivity contribution in [2.75, 3.05) is 0 Å². The normalized spacial score (nSPS) is 17.8. The van der Waals surface area contributed by atoms with Crippen molar-refractivity contribution in [3.05, 3.63) is 57.8 Å². The number of thiophene rings is 1. The van der Waals surface area contributed by atoms with E-state index in [9.17, 15) is 4.79 Å². The van der Waals surface area contributed by atoms with Gasteiger partial charge in [0.25, 0.3) is 0 Å². The van der Waals surface area contributed by atoms with Crippen LogP contribution in [0, 0.1) is 0 Å². The zero-order valence-corrected chi connectivity index (χ0v) is 16.5. The summed E-state index contributed by atoms with van der Waals surface area (Å²) >= 11 is 1.28. The third kappa shape index (κ3) is 2.75. The van der Waals surface area contributed by atoms with Crippen molar-refractivity contribution in [2.45, 2.75) is 51.4 Å². The summed E-state index contributed by atoms with van der Waals surface area (Å²) in [6, 6.07) is 13.0. The molecule has 0 bridgehead atoms. The Balaban J connectivity index is 1.88. The number of aromatic carboxylic acids is 1. The third-order valence-electron chi connectivity index (χ3n) is 5.95. The van der Waals surface area contributed by atoms with Crippen molar-refractivity contribution in [2.24, 2.45) is 0 Å². The molecule has 1 N–H and O–H groups in total. The van der Waals surface area contributed by atoms with Gasteiger partial charge in [0.2, 0.25) is 0 Å². The number of carbonyl (C=O) groups is 1. The molecule has 26 heavy (non-hydrogen) atoms. The van der Waals surface area contributed by atoms with Crippen LogP contribution in [0.4, 0.5) is 0 Å². The summed E-state index contributed by atoms with van der Waals surface area (Å²) in [5.74, 6) is -0.861. The van der Waals surface area contributed by atoms with Crippen LogP contribution in [-0.4, -0.2) is 11.1 Å². The monoisotopic (exact) mass is 364 g/mol. The van der Waals surface area contributed by atoms with E-state index in [0.717, 1.165) is 11.1 Å². The molecule has 0 aliphatic heterocycles. The van der Waals surface area contributed by atoms with Crippen LogP contribution in [0.2, 0.25) is 0 Å². The molecule has 4 rings (SSSR count). The van der Waals surface area contributed by atoms with Crippen molar-refractivity contribution < 1.29 is 9.90 Å². The van der Waals surface area contributed by atoms with Gasteiger partial charge in [-0.25, -0.2) is 4.79 Å². The lowest BCUT2D eigenvalue weighted by Crippen LogP contribution is -2.33. The first-order valence-electron chi connectivity index (χ1n) is 9.08. The highest BCUT2D eigenvalue weighted by Crippen LogP contribution is 2.47. The smallest absolute Gasteiger partial charge is 0.345 e. The second-order valence-electron chi connectivity index (χ2n) is 8.73. The SMILES string of the molecule is CC1(C)CCC(C)(C)c2cc3cc(-c4csc(C(=O)O)c4)ccc3cc21. The number of hydrogen-bond donors (Lipinski definition) is 1. The minimum atomic E-state index is -0.861. The quantitative estimate of drug-likeness (QED) is 0.555. The summed E-state index contributed by atoms with van der Waals surface area (Å²) in [5.41, 5.74) is 5.38. The largest absolute Gasteiger partial charge is 0.477 e. The van der Waals surface area contributed by atoms with Gasteiger partial charge in [0.05, 0.1) is 0 Å². The Labute approximate surface area is 158 Å². The maximum Gasteiger partial charge on any atom is 0.345 e. The average Bonchev–Trinajstić information content (AvgIpc) is 3.08. The fourth-order valence-corrected chi connectivity index (χ4v) is 4.85. The van der Waals surface area contributed by atoms with Gasteiger partial charge in [-0.2, -0.15) is 0 Å². The summed E-state index contributed by atoms with van der Waals surface area (Å²) in [7, 11) is 0. The van der Waals surface area contributed by atoms with Gasteiger partial charge in [-0.3, -0.25) is 0 Å². The highest BCUT2D eigenvalue weighted by molar-refractivity contribution is 7.12. The second-order valence-corrected chi connectivity index (χ2v) is 9.64. The van der Waals surface area contributed by atoms with Crippen molar-refractivity contribution in [3.63, 3.8) is 0 Å². The van der Waals surface area contributed by atoms with Crippen LogP contribution in [-0.2, 0) is 10.8 Å². The predicted octanol–water partition coefficient (Wildman–Crippen LogP) is 6.62. The highest BCUT2D eigenvalue weighted by Gasteiger charge is 2.37. The summed E-state index contributed by atoms with van der Waals surface area (Å²) in [6.45, 7) is 9.38. The van der Waals surface area contributed by atoms with E-state index in [4.69, 9.17) is 5.11 Å². The molecule has 134 valence electrons. The van der Waals surface area contributed by atoms with E-state index in [2.05, 4.69) is 58.0 Å². The zero-order chi connectivity index (χ0) is 18.7. The molecule has 3 aromatic rings. The molecule has 0 radical (unpaired) electrons. The Hall–Kier alpha value is -2.13. The molecular weight excluding hydrogens is 340 g/mol. The van der Waals surface area contributed by atoms with Gasteiger partial charge in [-0.05, 0) is 74.2 Å². The summed E-state index contributed by atoms with van der Waals surface area (Å²) in [4.78, 5) is 11.5. The maximum atomic E-state index is 11.2. The van der Waals surface area contributed by atoms with Gasteiger partial charge in [0, 0.05) is 0 Å². The first kappa shape index (κ1) is 17.3. The molecule has 0 amide bonds. The van der Waals surface area contributed by atoms with E-state index in [1.807, 2.05) is 5.38 Å².